The van der Waals surface area contributed by atoms with Crippen molar-refractivity contribution < 1.29 is 4.74 Å². The molecule has 1 atom stereocenters. The minimum Gasteiger partial charge on any atom is -0.473 e. The first-order valence-electron chi connectivity index (χ1n) is 7.24. The molecule has 0 bridgehead atoms. The van der Waals surface area contributed by atoms with Gasteiger partial charge in [0, 0.05) is 6.04 Å². The van der Waals surface area contributed by atoms with Gasteiger partial charge >= 0.3 is 0 Å². The molecule has 5 nitrogen and oxygen atoms in total. The van der Waals surface area contributed by atoms with Crippen molar-refractivity contribution >= 4 is 11.5 Å². The Morgan fingerprint density at radius 3 is 2.79 bits per heavy atom. The number of nitrogens with one attached hydrogen (secondary N) is 1. The molecule has 1 saturated carbocycles. The van der Waals surface area contributed by atoms with E-state index >= 15 is 0 Å². The molecule has 2 rings (SSSR count). The lowest BCUT2D eigenvalue weighted by molar-refractivity contribution is 0.149. The molecular formula is C14H24N4O. The zero-order valence-corrected chi connectivity index (χ0v) is 11.9. The third kappa shape index (κ3) is 3.72. The van der Waals surface area contributed by atoms with E-state index < -0.39 is 0 Å². The number of nitrogens with two attached hydrogens (primary N) is 1. The minimum absolute atomic E-state index is 0.252. The summed E-state index contributed by atoms with van der Waals surface area (Å²) in [6.07, 6.45) is 8.74. The van der Waals surface area contributed by atoms with Crippen molar-refractivity contribution in [2.45, 2.75) is 64.5 Å². The van der Waals surface area contributed by atoms with Crippen LogP contribution in [-0.2, 0) is 0 Å². The molecule has 1 fully saturated rings. The van der Waals surface area contributed by atoms with Crippen LogP contribution >= 0.6 is 0 Å². The predicted octanol–water partition coefficient (Wildman–Crippen LogP) is 2.98. The normalized spacial score (nSPS) is 18.0. The molecule has 0 aliphatic heterocycles. The topological polar surface area (TPSA) is 73.1 Å². The molecule has 1 aliphatic rings. The molecule has 0 spiro atoms. The van der Waals surface area contributed by atoms with Crippen molar-refractivity contribution in [3.63, 3.8) is 0 Å². The second-order valence-corrected chi connectivity index (χ2v) is 5.27. The summed E-state index contributed by atoms with van der Waals surface area (Å²) < 4.78 is 5.93. The van der Waals surface area contributed by atoms with Crippen LogP contribution in [0, 0.1) is 0 Å². The fourth-order valence-electron chi connectivity index (χ4n) is 2.26. The molecule has 1 aliphatic carbocycles. The molecule has 0 aromatic carbocycles. The molecule has 1 aromatic heterocycles. The Kier molecular flexibility index (Phi) is 4.82. The highest BCUT2D eigenvalue weighted by Crippen LogP contribution is 2.29. The number of anilines is 2. The number of aromatic nitrogens is 2. The van der Waals surface area contributed by atoms with E-state index in [9.17, 15) is 0 Å². The number of hydrogen-bond donors (Lipinski definition) is 2. The first kappa shape index (κ1) is 13.9. The molecular weight excluding hydrogens is 240 g/mol. The van der Waals surface area contributed by atoms with Crippen molar-refractivity contribution in [1.29, 1.82) is 0 Å². The Morgan fingerprint density at radius 2 is 2.11 bits per heavy atom. The van der Waals surface area contributed by atoms with Crippen LogP contribution in [0.15, 0.2) is 6.33 Å². The number of hydrogen-bond acceptors (Lipinski definition) is 5. The van der Waals surface area contributed by atoms with Crippen LogP contribution in [0.1, 0.15) is 52.4 Å². The van der Waals surface area contributed by atoms with Crippen LogP contribution in [0.5, 0.6) is 5.88 Å². The number of nitrogens with zero attached hydrogens (tertiary/aromatic N) is 2. The highest BCUT2D eigenvalue weighted by atomic mass is 16.5. The minimum atomic E-state index is 0.252. The van der Waals surface area contributed by atoms with Gasteiger partial charge in [0.05, 0.1) is 0 Å². The van der Waals surface area contributed by atoms with Crippen molar-refractivity contribution in [2.75, 3.05) is 11.1 Å². The molecule has 1 unspecified atom stereocenters. The molecule has 0 radical (unpaired) electrons. The lowest BCUT2D eigenvalue weighted by Crippen LogP contribution is -2.22. The van der Waals surface area contributed by atoms with E-state index in [4.69, 9.17) is 10.5 Å². The fraction of sp³-hybridized carbons (Fsp3) is 0.714. The largest absolute Gasteiger partial charge is 0.473 e. The van der Waals surface area contributed by atoms with Crippen LogP contribution in [0.25, 0.3) is 0 Å². The summed E-state index contributed by atoms with van der Waals surface area (Å²) in [6.45, 7) is 4.22. The molecule has 5 heteroatoms. The first-order valence-corrected chi connectivity index (χ1v) is 7.24. The van der Waals surface area contributed by atoms with Crippen LogP contribution in [0.2, 0.25) is 0 Å². The molecule has 0 amide bonds. The van der Waals surface area contributed by atoms with Crippen LogP contribution in [0.3, 0.4) is 0 Å². The second kappa shape index (κ2) is 6.59. The lowest BCUT2D eigenvalue weighted by Gasteiger charge is -2.23. The van der Waals surface area contributed by atoms with Gasteiger partial charge in [-0.25, -0.2) is 4.98 Å². The molecule has 19 heavy (non-hydrogen) atoms. The van der Waals surface area contributed by atoms with Gasteiger partial charge in [-0.05, 0) is 39.0 Å². The summed E-state index contributed by atoms with van der Waals surface area (Å²) in [6, 6.07) is 0.333. The molecule has 3 N–H and O–H groups in total. The summed E-state index contributed by atoms with van der Waals surface area (Å²) in [4.78, 5) is 8.36. The van der Waals surface area contributed by atoms with Crippen molar-refractivity contribution in [2.24, 2.45) is 0 Å². The maximum Gasteiger partial charge on any atom is 0.242 e. The maximum atomic E-state index is 6.09. The van der Waals surface area contributed by atoms with Crippen molar-refractivity contribution in [3.05, 3.63) is 6.33 Å². The van der Waals surface area contributed by atoms with Gasteiger partial charge in [0.15, 0.2) is 5.82 Å². The van der Waals surface area contributed by atoms with Gasteiger partial charge in [0.2, 0.25) is 5.88 Å². The standard InChI is InChI=1S/C14H24N4O/c1-3-10(2)18-13-12(15)14(17-9-16-13)19-11-7-5-4-6-8-11/h9-11H,3-8,15H2,1-2H3,(H,16,17,18). The Labute approximate surface area is 115 Å². The van der Waals surface area contributed by atoms with Crippen molar-refractivity contribution in [3.8, 4) is 5.88 Å². The van der Waals surface area contributed by atoms with Crippen LogP contribution in [0.4, 0.5) is 11.5 Å². The van der Waals surface area contributed by atoms with Gasteiger partial charge in [-0.3, -0.25) is 0 Å². The third-order valence-electron chi connectivity index (χ3n) is 3.67. The van der Waals surface area contributed by atoms with E-state index in [2.05, 4.69) is 29.1 Å². The number of rotatable bonds is 5. The predicted molar refractivity (Wildman–Crippen MR) is 77.3 cm³/mol. The van der Waals surface area contributed by atoms with E-state index in [0.717, 1.165) is 19.3 Å². The van der Waals surface area contributed by atoms with Gasteiger partial charge in [-0.2, -0.15) is 4.98 Å². The van der Waals surface area contributed by atoms with E-state index in [1.54, 1.807) is 0 Å². The SMILES string of the molecule is CCC(C)Nc1ncnc(OC2CCCCC2)c1N. The van der Waals surface area contributed by atoms with Gasteiger partial charge < -0.3 is 15.8 Å². The highest BCUT2D eigenvalue weighted by molar-refractivity contribution is 5.66. The second-order valence-electron chi connectivity index (χ2n) is 5.27. The molecule has 106 valence electrons. The third-order valence-corrected chi connectivity index (χ3v) is 3.67. The Balaban J connectivity index is 2.05. The van der Waals surface area contributed by atoms with E-state index in [-0.39, 0.29) is 6.10 Å². The lowest BCUT2D eigenvalue weighted by atomic mass is 9.98. The van der Waals surface area contributed by atoms with E-state index in [1.165, 1.54) is 25.6 Å². The smallest absolute Gasteiger partial charge is 0.242 e. The average molecular weight is 264 g/mol. The molecule has 1 heterocycles. The van der Waals surface area contributed by atoms with Gasteiger partial charge in [-0.15, -0.1) is 0 Å². The van der Waals surface area contributed by atoms with Gasteiger partial charge in [0.1, 0.15) is 18.1 Å². The first-order chi connectivity index (χ1) is 9.20. The summed E-state index contributed by atoms with van der Waals surface area (Å²) in [7, 11) is 0. The summed E-state index contributed by atoms with van der Waals surface area (Å²) >= 11 is 0. The molecule has 0 saturated heterocycles. The summed E-state index contributed by atoms with van der Waals surface area (Å²) in [5.74, 6) is 1.20. The maximum absolute atomic E-state index is 6.09. The van der Waals surface area contributed by atoms with Crippen LogP contribution in [-0.4, -0.2) is 22.1 Å². The Bertz CT molecular complexity index is 404. The number of ether oxygens (including phenoxy) is 1. The van der Waals surface area contributed by atoms with Gasteiger partial charge in [-0.1, -0.05) is 13.3 Å². The monoisotopic (exact) mass is 264 g/mol. The average Bonchev–Trinajstić information content (AvgIpc) is 2.44. The van der Waals surface area contributed by atoms with Gasteiger partial charge in [0.25, 0.3) is 0 Å². The highest BCUT2D eigenvalue weighted by Gasteiger charge is 2.18. The fourth-order valence-corrected chi connectivity index (χ4v) is 2.26. The number of nitrogen functional groups attached to an aromatic ring is 1. The van der Waals surface area contributed by atoms with E-state index in [0.29, 0.717) is 23.4 Å². The molecule has 1 aromatic rings. The quantitative estimate of drug-likeness (QED) is 0.855. The Hall–Kier alpha value is -1.52. The van der Waals surface area contributed by atoms with Crippen molar-refractivity contribution in [1.82, 2.24) is 9.97 Å². The van der Waals surface area contributed by atoms with Crippen LogP contribution < -0.4 is 15.8 Å². The summed E-state index contributed by atoms with van der Waals surface area (Å²) in [5.41, 5.74) is 6.61. The summed E-state index contributed by atoms with van der Waals surface area (Å²) in [5, 5.41) is 3.28. The zero-order chi connectivity index (χ0) is 13.7. The zero-order valence-electron chi connectivity index (χ0n) is 11.9. The Morgan fingerprint density at radius 1 is 1.37 bits per heavy atom. The van der Waals surface area contributed by atoms with E-state index in [1.807, 2.05) is 0 Å².